The quantitative estimate of drug-likeness (QED) is 0.730. The summed E-state index contributed by atoms with van der Waals surface area (Å²) < 4.78 is 0. The summed E-state index contributed by atoms with van der Waals surface area (Å²) in [5.74, 6) is 1.23. The van der Waals surface area contributed by atoms with Gasteiger partial charge in [0.15, 0.2) is 0 Å². The molecule has 0 radical (unpaired) electrons. The zero-order valence-corrected chi connectivity index (χ0v) is 8.53. The Labute approximate surface area is 84.0 Å². The Hall–Kier alpha value is -0.870. The maximum Gasteiger partial charge on any atom is 0.132 e. The molecule has 0 spiro atoms. The predicted octanol–water partition coefficient (Wildman–Crippen LogP) is 0.711. The molecule has 2 heterocycles. The van der Waals surface area contributed by atoms with E-state index >= 15 is 0 Å². The van der Waals surface area contributed by atoms with Crippen LogP contribution >= 0.6 is 0 Å². The molecule has 1 saturated heterocycles. The van der Waals surface area contributed by atoms with Gasteiger partial charge in [0, 0.05) is 24.4 Å². The molecule has 4 heteroatoms. The van der Waals surface area contributed by atoms with E-state index in [-0.39, 0.29) is 6.61 Å². The number of likely N-dealkylation sites (N-methyl/N-ethyl adjacent to an activating group) is 1. The third-order valence-corrected chi connectivity index (χ3v) is 2.86. The molecule has 0 bridgehead atoms. The number of aliphatic hydroxyl groups excluding tert-OH is 1. The van der Waals surface area contributed by atoms with Crippen LogP contribution in [0.5, 0.6) is 0 Å². The third-order valence-electron chi connectivity index (χ3n) is 2.86. The van der Waals surface area contributed by atoms with E-state index in [9.17, 15) is 0 Å². The van der Waals surface area contributed by atoms with Crippen LogP contribution in [0.4, 0.5) is 0 Å². The normalized spacial score (nSPS) is 24.0. The van der Waals surface area contributed by atoms with Gasteiger partial charge in [-0.25, -0.2) is 4.98 Å². The van der Waals surface area contributed by atoms with Crippen molar-refractivity contribution in [2.75, 3.05) is 20.1 Å². The Bertz CT molecular complexity index is 297. The van der Waals surface area contributed by atoms with E-state index in [0.29, 0.717) is 11.7 Å². The molecule has 2 N–H and O–H groups in total. The summed E-state index contributed by atoms with van der Waals surface area (Å²) in [5.41, 5.74) is 1.17. The van der Waals surface area contributed by atoms with Crippen molar-refractivity contribution in [3.8, 4) is 0 Å². The summed E-state index contributed by atoms with van der Waals surface area (Å²) in [5, 5.41) is 8.90. The van der Waals surface area contributed by atoms with Gasteiger partial charge in [0.05, 0.1) is 0 Å². The lowest BCUT2D eigenvalue weighted by Crippen LogP contribution is -2.30. The number of nitrogens with zero attached hydrogens (tertiary/aromatic N) is 2. The van der Waals surface area contributed by atoms with Gasteiger partial charge in [0.1, 0.15) is 12.4 Å². The lowest BCUT2D eigenvalue weighted by molar-refractivity contribution is 0.247. The van der Waals surface area contributed by atoms with Gasteiger partial charge in [-0.1, -0.05) is 0 Å². The Morgan fingerprint density at radius 2 is 2.57 bits per heavy atom. The Balaban J connectivity index is 2.06. The number of piperidine rings is 1. The number of nitrogens with one attached hydrogen (secondary N) is 1. The molecule has 1 aromatic rings. The van der Waals surface area contributed by atoms with E-state index in [1.807, 2.05) is 6.20 Å². The first-order chi connectivity index (χ1) is 6.79. The number of aromatic nitrogens is 2. The van der Waals surface area contributed by atoms with E-state index in [0.717, 1.165) is 6.54 Å². The minimum atomic E-state index is 0.00254. The topological polar surface area (TPSA) is 52.1 Å². The van der Waals surface area contributed by atoms with Crippen molar-refractivity contribution in [3.05, 3.63) is 17.7 Å². The molecule has 1 fully saturated rings. The maximum atomic E-state index is 8.90. The molecule has 0 aliphatic carbocycles. The van der Waals surface area contributed by atoms with Crippen molar-refractivity contribution in [3.63, 3.8) is 0 Å². The van der Waals surface area contributed by atoms with Crippen molar-refractivity contribution in [2.45, 2.75) is 25.4 Å². The van der Waals surface area contributed by atoms with E-state index in [2.05, 4.69) is 21.9 Å². The highest BCUT2D eigenvalue weighted by atomic mass is 16.3. The number of H-pyrrole nitrogens is 1. The van der Waals surface area contributed by atoms with Crippen molar-refractivity contribution in [2.24, 2.45) is 0 Å². The number of hydrogen-bond donors (Lipinski definition) is 2. The number of hydrogen-bond acceptors (Lipinski definition) is 3. The highest BCUT2D eigenvalue weighted by Gasteiger charge is 2.20. The first-order valence-corrected chi connectivity index (χ1v) is 5.13. The number of aromatic amines is 1. The zero-order valence-electron chi connectivity index (χ0n) is 8.53. The first-order valence-electron chi connectivity index (χ1n) is 5.13. The summed E-state index contributed by atoms with van der Waals surface area (Å²) in [6.07, 6.45) is 4.32. The van der Waals surface area contributed by atoms with Crippen molar-refractivity contribution in [1.29, 1.82) is 0 Å². The van der Waals surface area contributed by atoms with Crippen LogP contribution in [0, 0.1) is 0 Å². The number of rotatable bonds is 2. The van der Waals surface area contributed by atoms with Crippen molar-refractivity contribution >= 4 is 0 Å². The highest BCUT2D eigenvalue weighted by molar-refractivity contribution is 5.08. The van der Waals surface area contributed by atoms with Gasteiger partial charge in [-0.2, -0.15) is 0 Å². The molecular formula is C10H17N3O. The van der Waals surface area contributed by atoms with Crippen LogP contribution in [-0.4, -0.2) is 40.1 Å². The van der Waals surface area contributed by atoms with E-state index in [1.54, 1.807) is 0 Å². The van der Waals surface area contributed by atoms with Gasteiger partial charge in [-0.3, -0.25) is 0 Å². The number of aliphatic hydroxyl groups is 1. The SMILES string of the molecule is CN1CCCC(c2cnc(CO)[nH]2)C1. The fourth-order valence-corrected chi connectivity index (χ4v) is 2.09. The Morgan fingerprint density at radius 3 is 3.21 bits per heavy atom. The molecule has 1 aliphatic heterocycles. The lowest BCUT2D eigenvalue weighted by Gasteiger charge is -2.28. The maximum absolute atomic E-state index is 8.90. The number of imidazole rings is 1. The third kappa shape index (κ3) is 1.96. The molecule has 2 rings (SSSR count). The summed E-state index contributed by atoms with van der Waals surface area (Å²) >= 11 is 0. The standard InChI is InChI=1S/C10H17N3O/c1-13-4-2-3-8(6-13)9-5-11-10(7-14)12-9/h5,8,14H,2-4,6-7H2,1H3,(H,11,12). The van der Waals surface area contributed by atoms with Gasteiger partial charge >= 0.3 is 0 Å². The van der Waals surface area contributed by atoms with Crippen LogP contribution in [0.2, 0.25) is 0 Å². The summed E-state index contributed by atoms with van der Waals surface area (Å²) in [7, 11) is 2.15. The average molecular weight is 195 g/mol. The molecule has 0 saturated carbocycles. The van der Waals surface area contributed by atoms with Crippen LogP contribution in [0.1, 0.15) is 30.3 Å². The second-order valence-electron chi connectivity index (χ2n) is 4.04. The van der Waals surface area contributed by atoms with Crippen molar-refractivity contribution < 1.29 is 5.11 Å². The molecule has 1 atom stereocenters. The van der Waals surface area contributed by atoms with E-state index in [1.165, 1.54) is 25.1 Å². The van der Waals surface area contributed by atoms with Gasteiger partial charge in [0.2, 0.25) is 0 Å². The molecule has 1 unspecified atom stereocenters. The lowest BCUT2D eigenvalue weighted by atomic mass is 9.96. The van der Waals surface area contributed by atoms with Crippen LogP contribution in [0.15, 0.2) is 6.20 Å². The van der Waals surface area contributed by atoms with Crippen molar-refractivity contribution in [1.82, 2.24) is 14.9 Å². The molecule has 78 valence electrons. The van der Waals surface area contributed by atoms with Crippen LogP contribution in [0.3, 0.4) is 0 Å². The highest BCUT2D eigenvalue weighted by Crippen LogP contribution is 2.24. The summed E-state index contributed by atoms with van der Waals surface area (Å²) in [6, 6.07) is 0. The van der Waals surface area contributed by atoms with E-state index < -0.39 is 0 Å². The van der Waals surface area contributed by atoms with Gasteiger partial charge in [-0.15, -0.1) is 0 Å². The minimum absolute atomic E-state index is 0.00254. The molecule has 4 nitrogen and oxygen atoms in total. The smallest absolute Gasteiger partial charge is 0.132 e. The van der Waals surface area contributed by atoms with Gasteiger partial charge in [0.25, 0.3) is 0 Å². The molecule has 0 amide bonds. The van der Waals surface area contributed by atoms with Crippen LogP contribution in [0.25, 0.3) is 0 Å². The predicted molar refractivity (Wildman–Crippen MR) is 54.0 cm³/mol. The first kappa shape index (κ1) is 9.68. The summed E-state index contributed by atoms with van der Waals surface area (Å²) in [4.78, 5) is 9.62. The number of likely N-dealkylation sites (tertiary alicyclic amines) is 1. The Kier molecular flexibility index (Phi) is 2.84. The van der Waals surface area contributed by atoms with Crippen LogP contribution in [-0.2, 0) is 6.61 Å². The molecule has 0 aromatic carbocycles. The average Bonchev–Trinajstić information content (AvgIpc) is 2.66. The van der Waals surface area contributed by atoms with Gasteiger partial charge < -0.3 is 15.0 Å². The second kappa shape index (κ2) is 4.11. The van der Waals surface area contributed by atoms with E-state index in [4.69, 9.17) is 5.11 Å². The van der Waals surface area contributed by atoms with Gasteiger partial charge in [-0.05, 0) is 26.4 Å². The summed E-state index contributed by atoms with van der Waals surface area (Å²) in [6.45, 7) is 2.28. The monoisotopic (exact) mass is 195 g/mol. The molecule has 14 heavy (non-hydrogen) atoms. The fraction of sp³-hybridized carbons (Fsp3) is 0.700. The zero-order chi connectivity index (χ0) is 9.97. The fourth-order valence-electron chi connectivity index (χ4n) is 2.09. The second-order valence-corrected chi connectivity index (χ2v) is 4.04. The molecule has 1 aliphatic rings. The van der Waals surface area contributed by atoms with Crippen LogP contribution < -0.4 is 0 Å². The molecule has 1 aromatic heterocycles. The Morgan fingerprint density at radius 1 is 1.71 bits per heavy atom. The minimum Gasteiger partial charge on any atom is -0.388 e. The molecular weight excluding hydrogens is 178 g/mol. The largest absolute Gasteiger partial charge is 0.388 e.